The van der Waals surface area contributed by atoms with Crippen molar-refractivity contribution in [1.29, 1.82) is 0 Å². The number of morpholine rings is 1. The monoisotopic (exact) mass is 495 g/mol. The summed E-state index contributed by atoms with van der Waals surface area (Å²) in [7, 11) is 0. The number of carbonyl (C=O) groups excluding carboxylic acids is 1. The van der Waals surface area contributed by atoms with E-state index in [4.69, 9.17) is 14.6 Å². The van der Waals surface area contributed by atoms with Gasteiger partial charge in [-0.3, -0.25) is 0 Å². The van der Waals surface area contributed by atoms with Gasteiger partial charge >= 0.3 is 12.2 Å². The number of aliphatic hydroxyl groups is 1. The number of ether oxygens (including phenoxy) is 2. The first-order valence-electron chi connectivity index (χ1n) is 11.5. The number of anilines is 2. The molecule has 0 unspecified atom stereocenters. The minimum Gasteiger partial charge on any atom is -0.474 e. The standard InChI is InChI=1S/C23H28F3N5O4/c24-23(25,26)19-13-17(2-1-15(19)14-32)29-22(33)28-16-3-5-18(6-4-16)35-20-7-8-27-21(30-20)31-9-11-34-12-10-31/h1-2,7-8,13,16,18,32H,3-6,9-12,14H2,(H2,28,29,33)/t16-,18-. The Morgan fingerprint density at radius 1 is 1.17 bits per heavy atom. The van der Waals surface area contributed by atoms with E-state index in [2.05, 4.69) is 20.6 Å². The van der Waals surface area contributed by atoms with E-state index in [0.29, 0.717) is 50.7 Å². The third-order valence-corrected chi connectivity index (χ3v) is 6.05. The summed E-state index contributed by atoms with van der Waals surface area (Å²) in [6.07, 6.45) is -0.285. The summed E-state index contributed by atoms with van der Waals surface area (Å²) in [6.45, 7) is 1.99. The number of hydrogen-bond donors (Lipinski definition) is 3. The Kier molecular flexibility index (Phi) is 7.91. The number of alkyl halides is 3. The SMILES string of the molecule is O=C(Nc1ccc(CO)c(C(F)(F)F)c1)N[C@H]1CC[C@H](Oc2ccnc(N3CCOCC3)n2)CC1. The lowest BCUT2D eigenvalue weighted by atomic mass is 9.93. The molecule has 4 rings (SSSR count). The van der Waals surface area contributed by atoms with Crippen molar-refractivity contribution in [2.45, 2.75) is 50.6 Å². The van der Waals surface area contributed by atoms with Crippen LogP contribution in [0.3, 0.4) is 0 Å². The van der Waals surface area contributed by atoms with Gasteiger partial charge in [-0.05, 0) is 43.4 Å². The van der Waals surface area contributed by atoms with Crippen LogP contribution < -0.4 is 20.3 Å². The third-order valence-electron chi connectivity index (χ3n) is 6.05. The molecule has 2 aliphatic rings. The van der Waals surface area contributed by atoms with Gasteiger partial charge in [0, 0.05) is 37.1 Å². The predicted molar refractivity (Wildman–Crippen MR) is 121 cm³/mol. The Balaban J connectivity index is 1.25. The van der Waals surface area contributed by atoms with Crippen LogP contribution >= 0.6 is 0 Å². The molecule has 0 spiro atoms. The lowest BCUT2D eigenvalue weighted by molar-refractivity contribution is -0.138. The minimum absolute atomic E-state index is 0.00359. The predicted octanol–water partition coefficient (Wildman–Crippen LogP) is 3.34. The Morgan fingerprint density at radius 3 is 2.60 bits per heavy atom. The maximum atomic E-state index is 13.2. The van der Waals surface area contributed by atoms with Gasteiger partial charge in [-0.2, -0.15) is 18.2 Å². The largest absolute Gasteiger partial charge is 0.474 e. The lowest BCUT2D eigenvalue weighted by Crippen LogP contribution is -2.41. The molecule has 12 heteroatoms. The number of nitrogens with zero attached hydrogens (tertiary/aromatic N) is 3. The molecule has 2 aromatic rings. The lowest BCUT2D eigenvalue weighted by Gasteiger charge is -2.30. The van der Waals surface area contributed by atoms with Crippen molar-refractivity contribution >= 4 is 17.7 Å². The fourth-order valence-electron chi connectivity index (χ4n) is 4.22. The van der Waals surface area contributed by atoms with Crippen molar-refractivity contribution in [2.24, 2.45) is 0 Å². The molecule has 2 amide bonds. The summed E-state index contributed by atoms with van der Waals surface area (Å²) in [4.78, 5) is 23.2. The Labute approximate surface area is 200 Å². The van der Waals surface area contributed by atoms with Crippen LogP contribution in [0.15, 0.2) is 30.5 Å². The Hall–Kier alpha value is -3.12. The van der Waals surface area contributed by atoms with Crippen molar-refractivity contribution < 1.29 is 32.5 Å². The number of halogens is 3. The van der Waals surface area contributed by atoms with Crippen molar-refractivity contribution in [1.82, 2.24) is 15.3 Å². The molecule has 2 heterocycles. The van der Waals surface area contributed by atoms with Gasteiger partial charge in [0.05, 0.1) is 25.4 Å². The van der Waals surface area contributed by atoms with Crippen LogP contribution in [0.4, 0.5) is 29.6 Å². The molecule has 1 saturated heterocycles. The van der Waals surface area contributed by atoms with E-state index < -0.39 is 24.4 Å². The molecule has 3 N–H and O–H groups in total. The molecule has 0 atom stereocenters. The van der Waals surface area contributed by atoms with Crippen molar-refractivity contribution in [3.8, 4) is 5.88 Å². The van der Waals surface area contributed by atoms with E-state index in [1.165, 1.54) is 6.07 Å². The van der Waals surface area contributed by atoms with Crippen LogP contribution in [0.2, 0.25) is 0 Å². The molecule has 190 valence electrons. The molecule has 0 bridgehead atoms. The first-order valence-corrected chi connectivity index (χ1v) is 11.5. The summed E-state index contributed by atoms with van der Waals surface area (Å²) in [5.74, 6) is 1.11. The van der Waals surface area contributed by atoms with E-state index in [0.717, 1.165) is 25.2 Å². The van der Waals surface area contributed by atoms with Gasteiger partial charge < -0.3 is 30.1 Å². The zero-order valence-corrected chi connectivity index (χ0v) is 19.1. The van der Waals surface area contributed by atoms with Gasteiger partial charge in [0.25, 0.3) is 0 Å². The van der Waals surface area contributed by atoms with Gasteiger partial charge in [-0.25, -0.2) is 9.78 Å². The Bertz CT molecular complexity index is 1010. The fraction of sp³-hybridized carbons (Fsp3) is 0.522. The molecular weight excluding hydrogens is 467 g/mol. The number of aliphatic hydroxyl groups excluding tert-OH is 1. The number of benzene rings is 1. The molecular formula is C23H28F3N5O4. The van der Waals surface area contributed by atoms with Crippen LogP contribution in [-0.2, 0) is 17.5 Å². The number of nitrogens with one attached hydrogen (secondary N) is 2. The molecule has 1 aromatic heterocycles. The number of hydrogen-bond acceptors (Lipinski definition) is 7. The zero-order valence-electron chi connectivity index (χ0n) is 19.1. The fourth-order valence-corrected chi connectivity index (χ4v) is 4.22. The molecule has 1 aromatic carbocycles. The van der Waals surface area contributed by atoms with Crippen LogP contribution in [0.5, 0.6) is 5.88 Å². The van der Waals surface area contributed by atoms with Gasteiger partial charge in [-0.15, -0.1) is 0 Å². The maximum Gasteiger partial charge on any atom is 0.416 e. The van der Waals surface area contributed by atoms with Gasteiger partial charge in [0.2, 0.25) is 11.8 Å². The van der Waals surface area contributed by atoms with Gasteiger partial charge in [0.15, 0.2) is 0 Å². The zero-order chi connectivity index (χ0) is 24.8. The highest BCUT2D eigenvalue weighted by Crippen LogP contribution is 2.34. The van der Waals surface area contributed by atoms with Crippen molar-refractivity contribution in [2.75, 3.05) is 36.5 Å². The summed E-state index contributed by atoms with van der Waals surface area (Å²) in [5, 5.41) is 14.4. The second-order valence-electron chi connectivity index (χ2n) is 8.51. The summed E-state index contributed by atoms with van der Waals surface area (Å²) >= 11 is 0. The first-order chi connectivity index (χ1) is 16.8. The number of urea groups is 1. The normalized spacial score (nSPS) is 20.9. The molecule has 1 aliphatic heterocycles. The highest BCUT2D eigenvalue weighted by Gasteiger charge is 2.33. The van der Waals surface area contributed by atoms with E-state index in [1.807, 2.05) is 4.90 Å². The molecule has 0 radical (unpaired) electrons. The summed E-state index contributed by atoms with van der Waals surface area (Å²) in [6, 6.07) is 4.33. The first kappa shape index (κ1) is 25.0. The summed E-state index contributed by atoms with van der Waals surface area (Å²) < 4.78 is 50.9. The highest BCUT2D eigenvalue weighted by molar-refractivity contribution is 5.89. The van der Waals surface area contributed by atoms with Crippen molar-refractivity contribution in [3.05, 3.63) is 41.6 Å². The molecule has 2 fully saturated rings. The quantitative estimate of drug-likeness (QED) is 0.564. The average Bonchev–Trinajstić information content (AvgIpc) is 2.85. The van der Waals surface area contributed by atoms with Crippen molar-refractivity contribution in [3.63, 3.8) is 0 Å². The topological polar surface area (TPSA) is 109 Å². The average molecular weight is 496 g/mol. The van der Waals surface area contributed by atoms with Gasteiger partial charge in [0.1, 0.15) is 6.10 Å². The smallest absolute Gasteiger partial charge is 0.416 e. The number of amides is 2. The molecule has 9 nitrogen and oxygen atoms in total. The van der Waals surface area contributed by atoms with Crippen LogP contribution in [0, 0.1) is 0 Å². The second-order valence-corrected chi connectivity index (χ2v) is 8.51. The van der Waals surface area contributed by atoms with Gasteiger partial charge in [-0.1, -0.05) is 6.07 Å². The van der Waals surface area contributed by atoms with E-state index in [1.54, 1.807) is 12.3 Å². The number of aromatic nitrogens is 2. The molecule has 1 saturated carbocycles. The van der Waals surface area contributed by atoms with E-state index in [9.17, 15) is 18.0 Å². The third kappa shape index (κ3) is 6.73. The number of carbonyl (C=O) groups is 1. The highest BCUT2D eigenvalue weighted by atomic mass is 19.4. The van der Waals surface area contributed by atoms with E-state index >= 15 is 0 Å². The summed E-state index contributed by atoms with van der Waals surface area (Å²) in [5.41, 5.74) is -1.22. The molecule has 35 heavy (non-hydrogen) atoms. The van der Waals surface area contributed by atoms with Crippen LogP contribution in [0.1, 0.15) is 36.8 Å². The number of rotatable bonds is 6. The Morgan fingerprint density at radius 2 is 1.91 bits per heavy atom. The minimum atomic E-state index is -4.63. The van der Waals surface area contributed by atoms with E-state index in [-0.39, 0.29) is 23.4 Å². The van der Waals surface area contributed by atoms with Crippen LogP contribution in [0.25, 0.3) is 0 Å². The molecule has 1 aliphatic carbocycles. The second kappa shape index (κ2) is 11.1. The maximum absolute atomic E-state index is 13.2. The van der Waals surface area contributed by atoms with Crippen LogP contribution in [-0.4, -0.2) is 59.6 Å².